The summed E-state index contributed by atoms with van der Waals surface area (Å²) in [6.45, 7) is 9.82. The van der Waals surface area contributed by atoms with Crippen molar-refractivity contribution in [2.24, 2.45) is 0 Å². The zero-order chi connectivity index (χ0) is 15.2. The Morgan fingerprint density at radius 3 is 2.15 bits per heavy atom. The Bertz CT molecular complexity index is 409. The van der Waals surface area contributed by atoms with Gasteiger partial charge in [-0.15, -0.1) is 0 Å². The highest BCUT2D eigenvalue weighted by molar-refractivity contribution is 6.35. The van der Waals surface area contributed by atoms with Crippen molar-refractivity contribution < 1.29 is 0 Å². The van der Waals surface area contributed by atoms with E-state index in [1.807, 2.05) is 12.1 Å². The predicted molar refractivity (Wildman–Crippen MR) is 91.1 cm³/mol. The number of halogens is 2. The summed E-state index contributed by atoms with van der Waals surface area (Å²) in [5.74, 6) is 0. The second kappa shape index (κ2) is 8.26. The van der Waals surface area contributed by atoms with E-state index in [2.05, 4.69) is 39.1 Å². The summed E-state index contributed by atoms with van der Waals surface area (Å²) in [5, 5.41) is 5.11. The van der Waals surface area contributed by atoms with Gasteiger partial charge in [-0.3, -0.25) is 0 Å². The van der Waals surface area contributed by atoms with Crippen LogP contribution in [0.15, 0.2) is 18.2 Å². The molecule has 0 fully saturated rings. The summed E-state index contributed by atoms with van der Waals surface area (Å²) in [5.41, 5.74) is 1.34. The van der Waals surface area contributed by atoms with Gasteiger partial charge >= 0.3 is 0 Å². The van der Waals surface area contributed by atoms with E-state index in [1.165, 1.54) is 5.56 Å². The normalized spacial score (nSPS) is 12.2. The van der Waals surface area contributed by atoms with Gasteiger partial charge in [-0.25, -0.2) is 0 Å². The van der Waals surface area contributed by atoms with Crippen LogP contribution in [0.2, 0.25) is 10.0 Å². The number of hydrogen-bond donors (Lipinski definition) is 1. The van der Waals surface area contributed by atoms with E-state index < -0.39 is 0 Å². The van der Waals surface area contributed by atoms with E-state index >= 15 is 0 Å². The van der Waals surface area contributed by atoms with Crippen LogP contribution in [0, 0.1) is 0 Å². The van der Waals surface area contributed by atoms with Crippen LogP contribution in [-0.4, -0.2) is 12.6 Å². The minimum Gasteiger partial charge on any atom is -0.314 e. The topological polar surface area (TPSA) is 12.0 Å². The Labute approximate surface area is 134 Å². The molecule has 1 rings (SSSR count). The van der Waals surface area contributed by atoms with E-state index in [1.54, 1.807) is 0 Å². The lowest BCUT2D eigenvalue weighted by atomic mass is 9.73. The van der Waals surface area contributed by atoms with Crippen molar-refractivity contribution in [2.45, 2.75) is 64.8 Å². The Morgan fingerprint density at radius 2 is 1.70 bits per heavy atom. The molecule has 0 aliphatic carbocycles. The highest BCUT2D eigenvalue weighted by atomic mass is 35.5. The summed E-state index contributed by atoms with van der Waals surface area (Å²) < 4.78 is 0. The third-order valence-electron chi connectivity index (χ3n) is 3.81. The number of rotatable bonds is 8. The van der Waals surface area contributed by atoms with E-state index in [0.717, 1.165) is 37.3 Å². The third-order valence-corrected chi connectivity index (χ3v) is 4.36. The van der Waals surface area contributed by atoms with Crippen molar-refractivity contribution in [3.05, 3.63) is 33.8 Å². The fourth-order valence-corrected chi connectivity index (χ4v) is 3.55. The lowest BCUT2D eigenvalue weighted by Crippen LogP contribution is -2.41. The van der Waals surface area contributed by atoms with Crippen molar-refractivity contribution in [2.75, 3.05) is 6.54 Å². The van der Waals surface area contributed by atoms with Gasteiger partial charge in [0.1, 0.15) is 0 Å². The fourth-order valence-electron chi connectivity index (χ4n) is 2.94. The monoisotopic (exact) mass is 315 g/mol. The minimum absolute atomic E-state index is 0.107. The van der Waals surface area contributed by atoms with Crippen LogP contribution < -0.4 is 5.32 Å². The minimum atomic E-state index is 0.107. The number of benzene rings is 1. The maximum atomic E-state index is 6.49. The molecule has 0 aromatic heterocycles. The molecule has 0 heterocycles. The van der Waals surface area contributed by atoms with Gasteiger partial charge in [0.25, 0.3) is 0 Å². The first-order valence-electron chi connectivity index (χ1n) is 7.64. The van der Waals surface area contributed by atoms with E-state index in [9.17, 15) is 0 Å². The molecule has 0 saturated carbocycles. The van der Waals surface area contributed by atoms with Gasteiger partial charge in [0.15, 0.2) is 0 Å². The van der Waals surface area contributed by atoms with Gasteiger partial charge in [-0.2, -0.15) is 0 Å². The summed E-state index contributed by atoms with van der Waals surface area (Å²) in [6.07, 6.45) is 4.58. The second-order valence-electron chi connectivity index (χ2n) is 5.94. The molecule has 0 aliphatic heterocycles. The molecular formula is C17H27Cl2N. The zero-order valence-electron chi connectivity index (χ0n) is 13.1. The van der Waals surface area contributed by atoms with Crippen molar-refractivity contribution in [1.82, 2.24) is 5.32 Å². The molecule has 3 heteroatoms. The Morgan fingerprint density at radius 1 is 1.10 bits per heavy atom. The molecule has 0 spiro atoms. The molecule has 0 saturated heterocycles. The first-order valence-corrected chi connectivity index (χ1v) is 8.39. The Hall–Kier alpha value is -0.240. The van der Waals surface area contributed by atoms with Crippen LogP contribution in [-0.2, 0) is 5.41 Å². The van der Waals surface area contributed by atoms with Gasteiger partial charge in [0, 0.05) is 28.0 Å². The van der Waals surface area contributed by atoms with E-state index in [4.69, 9.17) is 23.2 Å². The molecule has 0 bridgehead atoms. The highest BCUT2D eigenvalue weighted by Gasteiger charge is 2.32. The molecule has 1 aromatic carbocycles. The standard InChI is InChI=1S/C17H27Cl2N/c1-5-9-17(10-6-2,12-20-13(3)4)15-8-7-14(18)11-16(15)19/h7-8,11,13,20H,5-6,9-10,12H2,1-4H3. The zero-order valence-corrected chi connectivity index (χ0v) is 14.6. The predicted octanol–water partition coefficient (Wildman–Crippen LogP) is 5.83. The summed E-state index contributed by atoms with van der Waals surface area (Å²) in [4.78, 5) is 0. The molecule has 0 radical (unpaired) electrons. The number of hydrogen-bond acceptors (Lipinski definition) is 1. The molecule has 0 unspecified atom stereocenters. The lowest BCUT2D eigenvalue weighted by Gasteiger charge is -2.36. The van der Waals surface area contributed by atoms with Crippen LogP contribution in [0.5, 0.6) is 0 Å². The first-order chi connectivity index (χ1) is 9.45. The Kier molecular flexibility index (Phi) is 7.36. The van der Waals surface area contributed by atoms with Crippen LogP contribution in [0.1, 0.15) is 58.9 Å². The quantitative estimate of drug-likeness (QED) is 0.636. The SMILES string of the molecule is CCCC(CCC)(CNC(C)C)c1ccc(Cl)cc1Cl. The summed E-state index contributed by atoms with van der Waals surface area (Å²) >= 11 is 12.5. The molecule has 20 heavy (non-hydrogen) atoms. The second-order valence-corrected chi connectivity index (χ2v) is 6.78. The maximum absolute atomic E-state index is 6.49. The molecule has 0 atom stereocenters. The van der Waals surface area contributed by atoms with Crippen molar-refractivity contribution >= 4 is 23.2 Å². The number of nitrogens with one attached hydrogen (secondary N) is 1. The van der Waals surface area contributed by atoms with E-state index in [0.29, 0.717) is 11.1 Å². The largest absolute Gasteiger partial charge is 0.314 e. The Balaban J connectivity index is 3.17. The van der Waals surface area contributed by atoms with Crippen LogP contribution in [0.25, 0.3) is 0 Å². The van der Waals surface area contributed by atoms with Crippen molar-refractivity contribution in [3.63, 3.8) is 0 Å². The van der Waals surface area contributed by atoms with Crippen LogP contribution >= 0.6 is 23.2 Å². The third kappa shape index (κ3) is 4.65. The molecule has 1 N–H and O–H groups in total. The maximum Gasteiger partial charge on any atom is 0.0458 e. The molecule has 114 valence electrons. The van der Waals surface area contributed by atoms with Gasteiger partial charge < -0.3 is 5.32 Å². The molecule has 1 nitrogen and oxygen atoms in total. The van der Waals surface area contributed by atoms with Gasteiger partial charge in [0.2, 0.25) is 0 Å². The van der Waals surface area contributed by atoms with Gasteiger partial charge in [-0.1, -0.05) is 69.8 Å². The van der Waals surface area contributed by atoms with Gasteiger partial charge in [0.05, 0.1) is 0 Å². The van der Waals surface area contributed by atoms with Crippen molar-refractivity contribution in [1.29, 1.82) is 0 Å². The van der Waals surface area contributed by atoms with Crippen LogP contribution in [0.4, 0.5) is 0 Å². The molecule has 0 aliphatic rings. The average Bonchev–Trinajstić information content (AvgIpc) is 2.36. The lowest BCUT2D eigenvalue weighted by molar-refractivity contribution is 0.325. The molecule has 1 aromatic rings. The van der Waals surface area contributed by atoms with E-state index in [-0.39, 0.29) is 5.41 Å². The van der Waals surface area contributed by atoms with Gasteiger partial charge in [-0.05, 0) is 30.5 Å². The van der Waals surface area contributed by atoms with Crippen LogP contribution in [0.3, 0.4) is 0 Å². The summed E-state index contributed by atoms with van der Waals surface area (Å²) in [6, 6.07) is 6.42. The average molecular weight is 316 g/mol. The highest BCUT2D eigenvalue weighted by Crippen LogP contribution is 2.39. The van der Waals surface area contributed by atoms with Crippen molar-refractivity contribution in [3.8, 4) is 0 Å². The molecule has 0 amide bonds. The first kappa shape index (κ1) is 17.8. The fraction of sp³-hybridized carbons (Fsp3) is 0.647. The molecular weight excluding hydrogens is 289 g/mol. The summed E-state index contributed by atoms with van der Waals surface area (Å²) in [7, 11) is 0. The smallest absolute Gasteiger partial charge is 0.0458 e.